The molecule has 2 amide bonds. The lowest BCUT2D eigenvalue weighted by Gasteiger charge is -2.29. The van der Waals surface area contributed by atoms with Crippen LogP contribution in [0.25, 0.3) is 0 Å². The lowest BCUT2D eigenvalue weighted by Crippen LogP contribution is -2.48. The van der Waals surface area contributed by atoms with E-state index in [0.29, 0.717) is 19.5 Å². The number of rotatable bonds is 6. The highest BCUT2D eigenvalue weighted by molar-refractivity contribution is 5.86. The van der Waals surface area contributed by atoms with Crippen LogP contribution in [0.5, 0.6) is 5.75 Å². The second-order valence-electron chi connectivity index (χ2n) is 8.33. The summed E-state index contributed by atoms with van der Waals surface area (Å²) < 4.78 is 10.7. The number of likely N-dealkylation sites (N-methyl/N-ethyl adjacent to an activating group) is 1. The molecular weight excluding hydrogens is 358 g/mol. The Morgan fingerprint density at radius 2 is 1.89 bits per heavy atom. The summed E-state index contributed by atoms with van der Waals surface area (Å²) in [4.78, 5) is 28.8. The molecule has 1 aliphatic heterocycles. The maximum Gasteiger partial charge on any atom is 0.410 e. The summed E-state index contributed by atoms with van der Waals surface area (Å²) in [7, 11) is 5.59. The predicted molar refractivity (Wildman–Crippen MR) is 108 cm³/mol. The number of hydrogen-bond donors (Lipinski definition) is 1. The first-order valence-electron chi connectivity index (χ1n) is 9.70. The zero-order valence-corrected chi connectivity index (χ0v) is 17.8. The third-order valence-electron chi connectivity index (χ3n) is 4.78. The fourth-order valence-corrected chi connectivity index (χ4v) is 3.32. The van der Waals surface area contributed by atoms with Gasteiger partial charge in [-0.25, -0.2) is 4.79 Å². The lowest BCUT2D eigenvalue weighted by molar-refractivity contribution is -0.125. The number of ether oxygens (including phenoxy) is 2. The van der Waals surface area contributed by atoms with E-state index in [4.69, 9.17) is 9.47 Å². The maximum absolute atomic E-state index is 12.8. The second kappa shape index (κ2) is 9.28. The average Bonchev–Trinajstić information content (AvgIpc) is 3.10. The number of hydrogen-bond acceptors (Lipinski definition) is 5. The standard InChI is InChI=1S/C21H33N3O4/c1-21(2,3)28-20(26)24-13-7-8-17(24)19(25)22-14-18(23(4)5)15-9-11-16(27-6)12-10-15/h9-12,17-18H,7-8,13-14H2,1-6H3,(H,22,25). The van der Waals surface area contributed by atoms with Crippen molar-refractivity contribution in [3.05, 3.63) is 29.8 Å². The molecule has 1 aromatic carbocycles. The number of nitrogens with zero attached hydrogens (tertiary/aromatic N) is 2. The lowest BCUT2D eigenvalue weighted by atomic mass is 10.1. The van der Waals surface area contributed by atoms with Crippen LogP contribution in [0.2, 0.25) is 0 Å². The smallest absolute Gasteiger partial charge is 0.410 e. The summed E-state index contributed by atoms with van der Waals surface area (Å²) in [6, 6.07) is 7.36. The van der Waals surface area contributed by atoms with Crippen molar-refractivity contribution in [3.8, 4) is 5.75 Å². The SMILES string of the molecule is COc1ccc(C(CNC(=O)C2CCCN2C(=O)OC(C)(C)C)N(C)C)cc1. The number of likely N-dealkylation sites (tertiary alicyclic amines) is 1. The van der Waals surface area contributed by atoms with Crippen LogP contribution < -0.4 is 10.1 Å². The average molecular weight is 392 g/mol. The molecule has 1 N–H and O–H groups in total. The van der Waals surface area contributed by atoms with Crippen LogP contribution in [0, 0.1) is 0 Å². The Morgan fingerprint density at radius 1 is 1.25 bits per heavy atom. The van der Waals surface area contributed by atoms with E-state index in [9.17, 15) is 9.59 Å². The predicted octanol–water partition coefficient (Wildman–Crippen LogP) is 2.81. The first kappa shape index (κ1) is 22.0. The van der Waals surface area contributed by atoms with Crippen molar-refractivity contribution < 1.29 is 19.1 Å². The van der Waals surface area contributed by atoms with E-state index < -0.39 is 17.7 Å². The molecule has 0 spiro atoms. The van der Waals surface area contributed by atoms with Crippen molar-refractivity contribution in [3.63, 3.8) is 0 Å². The Hall–Kier alpha value is -2.28. The third-order valence-corrected chi connectivity index (χ3v) is 4.78. The number of methoxy groups -OCH3 is 1. The monoisotopic (exact) mass is 391 g/mol. The van der Waals surface area contributed by atoms with Gasteiger partial charge in [0.05, 0.1) is 13.2 Å². The van der Waals surface area contributed by atoms with Crippen LogP contribution in [0.1, 0.15) is 45.2 Å². The van der Waals surface area contributed by atoms with Gasteiger partial charge in [-0.1, -0.05) is 12.1 Å². The Balaban J connectivity index is 2.00. The highest BCUT2D eigenvalue weighted by Gasteiger charge is 2.36. The summed E-state index contributed by atoms with van der Waals surface area (Å²) in [6.45, 7) is 6.48. The van der Waals surface area contributed by atoms with Crippen LogP contribution in [-0.4, -0.2) is 67.7 Å². The molecule has 156 valence electrons. The molecule has 0 aliphatic carbocycles. The molecule has 0 aromatic heterocycles. The number of carbonyl (C=O) groups is 2. The van der Waals surface area contributed by atoms with E-state index in [1.54, 1.807) is 12.0 Å². The molecule has 1 aliphatic rings. The maximum atomic E-state index is 12.8. The van der Waals surface area contributed by atoms with Crippen LogP contribution in [0.3, 0.4) is 0 Å². The topological polar surface area (TPSA) is 71.1 Å². The summed E-state index contributed by atoms with van der Waals surface area (Å²) in [5.41, 5.74) is 0.506. The zero-order valence-electron chi connectivity index (χ0n) is 17.8. The Bertz CT molecular complexity index is 667. The molecule has 1 heterocycles. The van der Waals surface area contributed by atoms with Crippen LogP contribution in [-0.2, 0) is 9.53 Å². The van der Waals surface area contributed by atoms with Crippen LogP contribution >= 0.6 is 0 Å². The summed E-state index contributed by atoms with van der Waals surface area (Å²) in [5, 5.41) is 3.02. The van der Waals surface area contributed by atoms with Crippen molar-refractivity contribution in [2.45, 2.75) is 51.3 Å². The van der Waals surface area contributed by atoms with Crippen LogP contribution in [0.15, 0.2) is 24.3 Å². The second-order valence-corrected chi connectivity index (χ2v) is 8.33. The van der Waals surface area contributed by atoms with Crippen molar-refractivity contribution in [1.29, 1.82) is 0 Å². The van der Waals surface area contributed by atoms with E-state index >= 15 is 0 Å². The van der Waals surface area contributed by atoms with E-state index in [2.05, 4.69) is 10.2 Å². The van der Waals surface area contributed by atoms with Crippen molar-refractivity contribution >= 4 is 12.0 Å². The van der Waals surface area contributed by atoms with Crippen molar-refractivity contribution in [2.24, 2.45) is 0 Å². The van der Waals surface area contributed by atoms with Gasteiger partial charge in [0.1, 0.15) is 17.4 Å². The highest BCUT2D eigenvalue weighted by Crippen LogP contribution is 2.23. The molecule has 0 saturated carbocycles. The van der Waals surface area contributed by atoms with Crippen LogP contribution in [0.4, 0.5) is 4.79 Å². The fourth-order valence-electron chi connectivity index (χ4n) is 3.32. The minimum Gasteiger partial charge on any atom is -0.497 e. The van der Waals surface area contributed by atoms with Gasteiger partial charge in [0.15, 0.2) is 0 Å². The number of carbonyl (C=O) groups excluding carboxylic acids is 2. The molecule has 28 heavy (non-hydrogen) atoms. The molecule has 0 radical (unpaired) electrons. The van der Waals surface area contributed by atoms with E-state index in [1.807, 2.05) is 59.1 Å². The van der Waals surface area contributed by atoms with E-state index in [1.165, 1.54) is 0 Å². The molecular formula is C21H33N3O4. The molecule has 1 saturated heterocycles. The fraction of sp³-hybridized carbons (Fsp3) is 0.619. The molecule has 2 atom stereocenters. The van der Waals surface area contributed by atoms with Gasteiger partial charge in [-0.3, -0.25) is 9.69 Å². The zero-order chi connectivity index (χ0) is 20.9. The summed E-state index contributed by atoms with van der Waals surface area (Å²) in [5.74, 6) is 0.660. The van der Waals surface area contributed by atoms with E-state index in [0.717, 1.165) is 17.7 Å². The Kier molecular flexibility index (Phi) is 7.29. The molecule has 1 aromatic rings. The number of amides is 2. The number of nitrogens with one attached hydrogen (secondary N) is 1. The quantitative estimate of drug-likeness (QED) is 0.807. The van der Waals surface area contributed by atoms with E-state index in [-0.39, 0.29) is 11.9 Å². The van der Waals surface area contributed by atoms with Gasteiger partial charge in [0, 0.05) is 13.1 Å². The normalized spacial score (nSPS) is 18.1. The summed E-state index contributed by atoms with van der Waals surface area (Å²) in [6.07, 6.45) is 1.03. The van der Waals surface area contributed by atoms with Gasteiger partial charge in [-0.15, -0.1) is 0 Å². The molecule has 7 heteroatoms. The highest BCUT2D eigenvalue weighted by atomic mass is 16.6. The van der Waals surface area contributed by atoms with Crippen molar-refractivity contribution in [2.75, 3.05) is 34.3 Å². The minimum absolute atomic E-state index is 0.0197. The Labute approximate surface area is 168 Å². The molecule has 2 unspecified atom stereocenters. The van der Waals surface area contributed by atoms with Gasteiger partial charge in [0.25, 0.3) is 0 Å². The van der Waals surface area contributed by atoms with Gasteiger partial charge in [-0.05, 0) is 65.4 Å². The van der Waals surface area contributed by atoms with Gasteiger partial charge in [0.2, 0.25) is 5.91 Å². The third kappa shape index (κ3) is 5.86. The number of benzene rings is 1. The first-order valence-corrected chi connectivity index (χ1v) is 9.70. The molecule has 7 nitrogen and oxygen atoms in total. The molecule has 1 fully saturated rings. The molecule has 2 rings (SSSR count). The largest absolute Gasteiger partial charge is 0.497 e. The molecule has 0 bridgehead atoms. The minimum atomic E-state index is -0.578. The first-order chi connectivity index (χ1) is 13.1. The van der Waals surface area contributed by atoms with Crippen molar-refractivity contribution in [1.82, 2.24) is 15.1 Å². The summed E-state index contributed by atoms with van der Waals surface area (Å²) >= 11 is 0. The van der Waals surface area contributed by atoms with Gasteiger partial charge in [-0.2, -0.15) is 0 Å². The van der Waals surface area contributed by atoms with Gasteiger partial charge < -0.3 is 19.7 Å². The Morgan fingerprint density at radius 3 is 2.43 bits per heavy atom. The van der Waals surface area contributed by atoms with Gasteiger partial charge >= 0.3 is 6.09 Å².